The Morgan fingerprint density at radius 3 is 2.86 bits per heavy atom. The lowest BCUT2D eigenvalue weighted by Crippen LogP contribution is -2.12. The van der Waals surface area contributed by atoms with Crippen molar-refractivity contribution in [2.24, 2.45) is 0 Å². The molecular weight excluding hydrogens is 264 g/mol. The number of para-hydroxylation sites is 3. The molecule has 0 unspecified atom stereocenters. The summed E-state index contributed by atoms with van der Waals surface area (Å²) in [4.78, 5) is 16.8. The van der Waals surface area contributed by atoms with Crippen LogP contribution in [0.25, 0.3) is 22.0 Å². The third kappa shape index (κ3) is 1.92. The van der Waals surface area contributed by atoms with E-state index in [9.17, 15) is 4.79 Å². The lowest BCUT2D eigenvalue weighted by atomic mass is 10.1. The van der Waals surface area contributed by atoms with E-state index in [-0.39, 0.29) is 12.3 Å². The highest BCUT2D eigenvalue weighted by Gasteiger charge is 2.13. The minimum Gasteiger partial charge on any atom is -0.464 e. The fourth-order valence-corrected chi connectivity index (χ4v) is 2.58. The molecule has 0 aliphatic rings. The molecule has 0 aliphatic carbocycles. The highest BCUT2D eigenvalue weighted by molar-refractivity contribution is 5.93. The van der Waals surface area contributed by atoms with Gasteiger partial charge >= 0.3 is 0 Å². The van der Waals surface area contributed by atoms with Gasteiger partial charge in [0.2, 0.25) is 5.91 Å². The maximum Gasteiger partial charge on any atom is 0.236 e. The van der Waals surface area contributed by atoms with Crippen LogP contribution in [0, 0.1) is 0 Å². The summed E-state index contributed by atoms with van der Waals surface area (Å²) in [7, 11) is 0. The molecule has 102 valence electrons. The highest BCUT2D eigenvalue weighted by atomic mass is 16.3. The summed E-state index contributed by atoms with van der Waals surface area (Å²) in [6.07, 6.45) is 3.52. The lowest BCUT2D eigenvalue weighted by molar-refractivity contribution is 0.0919. The van der Waals surface area contributed by atoms with Gasteiger partial charge in [-0.15, -0.1) is 0 Å². The molecule has 0 fully saturated rings. The van der Waals surface area contributed by atoms with E-state index in [1.54, 1.807) is 17.2 Å². The van der Waals surface area contributed by atoms with Gasteiger partial charge in [0.1, 0.15) is 11.9 Å². The maximum absolute atomic E-state index is 12.5. The molecule has 0 amide bonds. The van der Waals surface area contributed by atoms with Crippen LogP contribution in [0.1, 0.15) is 10.4 Å². The van der Waals surface area contributed by atoms with Gasteiger partial charge in [0, 0.05) is 10.9 Å². The van der Waals surface area contributed by atoms with Crippen molar-refractivity contribution in [3.05, 3.63) is 66.7 Å². The van der Waals surface area contributed by atoms with Gasteiger partial charge in [-0.3, -0.25) is 9.36 Å². The number of benzene rings is 2. The predicted molar refractivity (Wildman–Crippen MR) is 80.3 cm³/mol. The molecule has 0 spiro atoms. The van der Waals surface area contributed by atoms with Crippen LogP contribution in [0.5, 0.6) is 0 Å². The summed E-state index contributed by atoms with van der Waals surface area (Å²) in [5, 5.41) is 0.982. The lowest BCUT2D eigenvalue weighted by Gasteiger charge is -2.02. The molecule has 4 aromatic rings. The second-order valence-electron chi connectivity index (χ2n) is 4.93. The Labute approximate surface area is 120 Å². The number of hydrogen-bond donors (Lipinski definition) is 0. The minimum absolute atomic E-state index is 0.0183. The monoisotopic (exact) mass is 276 g/mol. The smallest absolute Gasteiger partial charge is 0.236 e. The van der Waals surface area contributed by atoms with Crippen molar-refractivity contribution in [2.75, 3.05) is 0 Å². The summed E-state index contributed by atoms with van der Waals surface area (Å²) in [5.41, 5.74) is 3.35. The van der Waals surface area contributed by atoms with Gasteiger partial charge in [0.05, 0.1) is 23.7 Å². The molecule has 0 bridgehead atoms. The first kappa shape index (κ1) is 11.9. The molecule has 2 aromatic carbocycles. The molecule has 4 nitrogen and oxygen atoms in total. The Kier molecular flexibility index (Phi) is 2.60. The Bertz CT molecular complexity index is 949. The number of fused-ring (bicyclic) bond motifs is 2. The second-order valence-corrected chi connectivity index (χ2v) is 4.93. The SMILES string of the molecule is O=C(Cc1coc2ccccc12)n1cnc2ccccc21. The Morgan fingerprint density at radius 1 is 1.10 bits per heavy atom. The Morgan fingerprint density at radius 2 is 1.90 bits per heavy atom. The van der Waals surface area contributed by atoms with E-state index in [4.69, 9.17) is 4.42 Å². The Balaban J connectivity index is 1.72. The highest BCUT2D eigenvalue weighted by Crippen LogP contribution is 2.22. The van der Waals surface area contributed by atoms with Crippen molar-refractivity contribution in [1.82, 2.24) is 9.55 Å². The van der Waals surface area contributed by atoms with Crippen LogP contribution in [-0.4, -0.2) is 15.5 Å². The third-order valence-electron chi connectivity index (χ3n) is 3.63. The summed E-state index contributed by atoms with van der Waals surface area (Å²) >= 11 is 0. The zero-order valence-electron chi connectivity index (χ0n) is 11.2. The Hall–Kier alpha value is -2.88. The number of aromatic nitrogens is 2. The van der Waals surface area contributed by atoms with Crippen molar-refractivity contribution in [3.8, 4) is 0 Å². The summed E-state index contributed by atoms with van der Waals surface area (Å²) in [6, 6.07) is 15.3. The molecule has 0 saturated carbocycles. The van der Waals surface area contributed by atoms with Gasteiger partial charge in [-0.2, -0.15) is 0 Å². The second kappa shape index (κ2) is 4.59. The first-order valence-electron chi connectivity index (χ1n) is 6.73. The average Bonchev–Trinajstić information content (AvgIpc) is 3.12. The van der Waals surface area contributed by atoms with Crippen LogP contribution in [0.4, 0.5) is 0 Å². The average molecular weight is 276 g/mol. The van der Waals surface area contributed by atoms with Gasteiger partial charge in [-0.25, -0.2) is 4.98 Å². The van der Waals surface area contributed by atoms with Crippen molar-refractivity contribution in [2.45, 2.75) is 6.42 Å². The number of imidazole rings is 1. The van der Waals surface area contributed by atoms with Crippen LogP contribution in [-0.2, 0) is 6.42 Å². The summed E-state index contributed by atoms with van der Waals surface area (Å²) in [6.45, 7) is 0. The van der Waals surface area contributed by atoms with Gasteiger partial charge in [-0.1, -0.05) is 30.3 Å². The van der Waals surface area contributed by atoms with Crippen LogP contribution < -0.4 is 0 Å². The third-order valence-corrected chi connectivity index (χ3v) is 3.63. The van der Waals surface area contributed by atoms with Crippen molar-refractivity contribution in [1.29, 1.82) is 0 Å². The summed E-state index contributed by atoms with van der Waals surface area (Å²) in [5.74, 6) is -0.0183. The fraction of sp³-hybridized carbons (Fsp3) is 0.0588. The van der Waals surface area contributed by atoms with Gasteiger partial charge in [-0.05, 0) is 18.2 Å². The molecule has 2 heterocycles. The first-order valence-corrected chi connectivity index (χ1v) is 6.73. The van der Waals surface area contributed by atoms with E-state index >= 15 is 0 Å². The van der Waals surface area contributed by atoms with Gasteiger partial charge < -0.3 is 4.42 Å². The van der Waals surface area contributed by atoms with E-state index in [1.165, 1.54) is 0 Å². The molecule has 4 heteroatoms. The first-order chi connectivity index (χ1) is 10.3. The van der Waals surface area contributed by atoms with E-state index < -0.39 is 0 Å². The topological polar surface area (TPSA) is 48.0 Å². The molecular formula is C17H12N2O2. The standard InChI is InChI=1S/C17H12N2O2/c20-17(19-11-18-14-6-2-3-7-15(14)19)9-12-10-21-16-8-4-1-5-13(12)16/h1-8,10-11H,9H2. The van der Waals surface area contributed by atoms with Gasteiger partial charge in [0.25, 0.3) is 0 Å². The predicted octanol–water partition coefficient (Wildman–Crippen LogP) is 3.67. The minimum atomic E-state index is -0.0183. The van der Waals surface area contributed by atoms with Crippen molar-refractivity contribution >= 4 is 27.9 Å². The van der Waals surface area contributed by atoms with Crippen LogP contribution in [0.15, 0.2) is 65.5 Å². The fourth-order valence-electron chi connectivity index (χ4n) is 2.58. The molecule has 0 radical (unpaired) electrons. The van der Waals surface area contributed by atoms with Crippen LogP contribution in [0.2, 0.25) is 0 Å². The molecule has 21 heavy (non-hydrogen) atoms. The molecule has 4 rings (SSSR count). The van der Waals surface area contributed by atoms with Gasteiger partial charge in [0.15, 0.2) is 0 Å². The zero-order chi connectivity index (χ0) is 14.2. The molecule has 0 N–H and O–H groups in total. The van der Waals surface area contributed by atoms with E-state index in [1.807, 2.05) is 48.5 Å². The van der Waals surface area contributed by atoms with E-state index in [2.05, 4.69) is 4.98 Å². The number of carbonyl (C=O) groups is 1. The molecule has 0 atom stereocenters. The number of nitrogens with zero attached hydrogens (tertiary/aromatic N) is 2. The summed E-state index contributed by atoms with van der Waals surface area (Å²) < 4.78 is 7.07. The van der Waals surface area contributed by atoms with E-state index in [0.717, 1.165) is 27.6 Å². The quantitative estimate of drug-likeness (QED) is 0.561. The zero-order valence-corrected chi connectivity index (χ0v) is 11.2. The largest absolute Gasteiger partial charge is 0.464 e. The van der Waals surface area contributed by atoms with Crippen LogP contribution in [0.3, 0.4) is 0 Å². The number of carbonyl (C=O) groups excluding carboxylic acids is 1. The van der Waals surface area contributed by atoms with Crippen LogP contribution >= 0.6 is 0 Å². The number of rotatable bonds is 2. The normalized spacial score (nSPS) is 11.2. The molecule has 0 aliphatic heterocycles. The molecule has 0 saturated heterocycles. The number of hydrogen-bond acceptors (Lipinski definition) is 3. The van der Waals surface area contributed by atoms with E-state index in [0.29, 0.717) is 0 Å². The van der Waals surface area contributed by atoms with Crippen molar-refractivity contribution < 1.29 is 9.21 Å². The van der Waals surface area contributed by atoms with Crippen molar-refractivity contribution in [3.63, 3.8) is 0 Å². The maximum atomic E-state index is 12.5. The molecule has 2 aromatic heterocycles. The number of furan rings is 1.